The lowest BCUT2D eigenvalue weighted by Crippen LogP contribution is -2.47. The number of unbranched alkanes of at least 4 members (excludes halogenated alkanes) is 1. The molecule has 0 aromatic heterocycles. The van der Waals surface area contributed by atoms with Crippen LogP contribution in [0.5, 0.6) is 0 Å². The molecular formula is C10H24N2O3S. The molecule has 0 aromatic carbocycles. The molecule has 0 radical (unpaired) electrons. The number of aliphatic hydroxyl groups excluding tert-OH is 1. The Morgan fingerprint density at radius 1 is 1.38 bits per heavy atom. The van der Waals surface area contributed by atoms with Gasteiger partial charge in [-0.3, -0.25) is 0 Å². The molecule has 0 unspecified atom stereocenters. The van der Waals surface area contributed by atoms with Gasteiger partial charge < -0.3 is 5.11 Å². The van der Waals surface area contributed by atoms with Crippen LogP contribution in [0.25, 0.3) is 0 Å². The van der Waals surface area contributed by atoms with E-state index in [-0.39, 0.29) is 12.5 Å². The Labute approximate surface area is 99.0 Å². The van der Waals surface area contributed by atoms with Gasteiger partial charge in [-0.1, -0.05) is 27.2 Å². The standard InChI is InChI=1S/C10H24N2O3S/c1-5-6-7-12(4)16(14,15)11-10(8-13)9(2)3/h9-11,13H,5-8H2,1-4H3/t10-/m1/s1. The number of nitrogens with zero attached hydrogens (tertiary/aromatic N) is 1. The van der Waals surface area contributed by atoms with E-state index < -0.39 is 16.3 Å². The van der Waals surface area contributed by atoms with E-state index in [1.807, 2.05) is 20.8 Å². The van der Waals surface area contributed by atoms with Crippen LogP contribution in [-0.2, 0) is 10.2 Å². The van der Waals surface area contributed by atoms with Crippen molar-refractivity contribution in [3.63, 3.8) is 0 Å². The van der Waals surface area contributed by atoms with Gasteiger partial charge in [-0.05, 0) is 12.3 Å². The van der Waals surface area contributed by atoms with Crippen LogP contribution in [-0.4, -0.2) is 44.1 Å². The van der Waals surface area contributed by atoms with E-state index in [9.17, 15) is 8.42 Å². The topological polar surface area (TPSA) is 69.6 Å². The van der Waals surface area contributed by atoms with Crippen LogP contribution >= 0.6 is 0 Å². The van der Waals surface area contributed by atoms with E-state index in [1.54, 1.807) is 7.05 Å². The average molecular weight is 252 g/mol. The highest BCUT2D eigenvalue weighted by Crippen LogP contribution is 2.05. The summed E-state index contributed by atoms with van der Waals surface area (Å²) in [6.07, 6.45) is 1.79. The molecular weight excluding hydrogens is 228 g/mol. The SMILES string of the molecule is CCCCN(C)S(=O)(=O)N[C@H](CO)C(C)C. The number of nitrogens with one attached hydrogen (secondary N) is 1. The molecule has 2 N–H and O–H groups in total. The van der Waals surface area contributed by atoms with Gasteiger partial charge >= 0.3 is 0 Å². The maximum atomic E-state index is 11.8. The van der Waals surface area contributed by atoms with Crippen LogP contribution in [0.1, 0.15) is 33.6 Å². The average Bonchev–Trinajstić information content (AvgIpc) is 2.21. The smallest absolute Gasteiger partial charge is 0.279 e. The van der Waals surface area contributed by atoms with Crippen molar-refractivity contribution < 1.29 is 13.5 Å². The molecule has 6 heteroatoms. The first kappa shape index (κ1) is 15.8. The molecule has 0 fully saturated rings. The first-order chi connectivity index (χ1) is 7.35. The lowest BCUT2D eigenvalue weighted by Gasteiger charge is -2.24. The Kier molecular flexibility index (Phi) is 7.14. The highest BCUT2D eigenvalue weighted by molar-refractivity contribution is 7.87. The second kappa shape index (κ2) is 7.21. The van der Waals surface area contributed by atoms with E-state index >= 15 is 0 Å². The quantitative estimate of drug-likeness (QED) is 0.663. The Bertz CT molecular complexity index is 278. The summed E-state index contributed by atoms with van der Waals surface area (Å²) < 4.78 is 27.4. The fourth-order valence-corrected chi connectivity index (χ4v) is 2.45. The van der Waals surface area contributed by atoms with Gasteiger partial charge in [0.1, 0.15) is 0 Å². The molecule has 0 bridgehead atoms. The molecule has 0 amide bonds. The van der Waals surface area contributed by atoms with Crippen LogP contribution in [0.2, 0.25) is 0 Å². The maximum Gasteiger partial charge on any atom is 0.279 e. The Morgan fingerprint density at radius 2 is 1.94 bits per heavy atom. The monoisotopic (exact) mass is 252 g/mol. The molecule has 16 heavy (non-hydrogen) atoms. The highest BCUT2D eigenvalue weighted by atomic mass is 32.2. The van der Waals surface area contributed by atoms with Gasteiger partial charge in [0.15, 0.2) is 0 Å². The summed E-state index contributed by atoms with van der Waals surface area (Å²) in [5.74, 6) is 0.0688. The van der Waals surface area contributed by atoms with E-state index in [0.29, 0.717) is 6.54 Å². The number of rotatable bonds is 8. The zero-order valence-electron chi connectivity index (χ0n) is 10.6. The molecule has 0 rings (SSSR count). The van der Waals surface area contributed by atoms with Crippen molar-refractivity contribution in [3.8, 4) is 0 Å². The Balaban J connectivity index is 4.42. The summed E-state index contributed by atoms with van der Waals surface area (Å²) in [5, 5.41) is 9.07. The largest absolute Gasteiger partial charge is 0.395 e. The Morgan fingerprint density at radius 3 is 2.31 bits per heavy atom. The summed E-state index contributed by atoms with van der Waals surface area (Å²) in [5.41, 5.74) is 0. The van der Waals surface area contributed by atoms with Crippen LogP contribution in [0.4, 0.5) is 0 Å². The molecule has 0 aromatic rings. The van der Waals surface area contributed by atoms with Crippen LogP contribution in [0.3, 0.4) is 0 Å². The fraction of sp³-hybridized carbons (Fsp3) is 1.00. The molecule has 0 aliphatic rings. The zero-order valence-corrected chi connectivity index (χ0v) is 11.4. The summed E-state index contributed by atoms with van der Waals surface area (Å²) in [6.45, 7) is 6.07. The molecule has 0 saturated carbocycles. The van der Waals surface area contributed by atoms with Crippen molar-refractivity contribution in [2.45, 2.75) is 39.7 Å². The highest BCUT2D eigenvalue weighted by Gasteiger charge is 2.23. The summed E-state index contributed by atoms with van der Waals surface area (Å²) in [6, 6.07) is -0.422. The van der Waals surface area contributed by atoms with Gasteiger partial charge in [0.25, 0.3) is 10.2 Å². The van der Waals surface area contributed by atoms with Gasteiger partial charge in [0, 0.05) is 19.6 Å². The lowest BCUT2D eigenvalue weighted by atomic mass is 10.1. The van der Waals surface area contributed by atoms with Crippen LogP contribution < -0.4 is 4.72 Å². The summed E-state index contributed by atoms with van der Waals surface area (Å²) in [4.78, 5) is 0. The van der Waals surface area contributed by atoms with Gasteiger partial charge in [-0.15, -0.1) is 0 Å². The molecule has 0 heterocycles. The van der Waals surface area contributed by atoms with Crippen molar-refractivity contribution in [1.29, 1.82) is 0 Å². The predicted octanol–water partition coefficient (Wildman–Crippen LogP) is 0.570. The number of hydrogen-bond acceptors (Lipinski definition) is 3. The second-order valence-electron chi connectivity index (χ2n) is 4.33. The summed E-state index contributed by atoms with van der Waals surface area (Å²) in [7, 11) is -1.92. The van der Waals surface area contributed by atoms with Gasteiger partial charge in [-0.2, -0.15) is 17.4 Å². The third kappa shape index (κ3) is 5.25. The van der Waals surface area contributed by atoms with Crippen LogP contribution in [0.15, 0.2) is 0 Å². The van der Waals surface area contributed by atoms with Crippen molar-refractivity contribution >= 4 is 10.2 Å². The maximum absolute atomic E-state index is 11.8. The fourth-order valence-electron chi connectivity index (χ4n) is 1.17. The van der Waals surface area contributed by atoms with Crippen molar-refractivity contribution in [1.82, 2.24) is 9.03 Å². The van der Waals surface area contributed by atoms with E-state index in [4.69, 9.17) is 5.11 Å². The minimum atomic E-state index is -3.47. The predicted molar refractivity (Wildman–Crippen MR) is 65.3 cm³/mol. The lowest BCUT2D eigenvalue weighted by molar-refractivity contribution is 0.225. The van der Waals surface area contributed by atoms with Crippen molar-refractivity contribution in [3.05, 3.63) is 0 Å². The van der Waals surface area contributed by atoms with E-state index in [2.05, 4.69) is 4.72 Å². The molecule has 0 saturated heterocycles. The molecule has 0 spiro atoms. The van der Waals surface area contributed by atoms with Gasteiger partial charge in [0.2, 0.25) is 0 Å². The zero-order chi connectivity index (χ0) is 12.8. The minimum absolute atomic E-state index is 0.0688. The first-order valence-electron chi connectivity index (χ1n) is 5.69. The minimum Gasteiger partial charge on any atom is -0.395 e. The third-order valence-electron chi connectivity index (χ3n) is 2.54. The molecule has 0 aliphatic heterocycles. The third-order valence-corrected chi connectivity index (χ3v) is 4.14. The van der Waals surface area contributed by atoms with Crippen molar-refractivity contribution in [2.75, 3.05) is 20.2 Å². The van der Waals surface area contributed by atoms with Gasteiger partial charge in [0.05, 0.1) is 6.61 Å². The molecule has 0 aliphatic carbocycles. The molecule has 5 nitrogen and oxygen atoms in total. The second-order valence-corrected chi connectivity index (χ2v) is 6.14. The normalized spacial score (nSPS) is 14.7. The molecule has 1 atom stereocenters. The van der Waals surface area contributed by atoms with Crippen LogP contribution in [0, 0.1) is 5.92 Å². The summed E-state index contributed by atoms with van der Waals surface area (Å²) >= 11 is 0. The number of hydrogen-bond donors (Lipinski definition) is 2. The van der Waals surface area contributed by atoms with E-state index in [1.165, 1.54) is 4.31 Å². The van der Waals surface area contributed by atoms with Gasteiger partial charge in [-0.25, -0.2) is 0 Å². The van der Waals surface area contributed by atoms with E-state index in [0.717, 1.165) is 12.8 Å². The Hall–Kier alpha value is -0.170. The van der Waals surface area contributed by atoms with Crippen molar-refractivity contribution in [2.24, 2.45) is 5.92 Å². The first-order valence-corrected chi connectivity index (χ1v) is 7.13. The number of aliphatic hydroxyl groups is 1. The molecule has 98 valence electrons.